The van der Waals surface area contributed by atoms with Crippen LogP contribution in [0.3, 0.4) is 0 Å². The first-order valence-electron chi connectivity index (χ1n) is 7.69. The van der Waals surface area contributed by atoms with E-state index in [1.54, 1.807) is 24.3 Å². The van der Waals surface area contributed by atoms with Crippen LogP contribution >= 0.6 is 0 Å². The summed E-state index contributed by atoms with van der Waals surface area (Å²) < 4.78 is 33.4. The highest BCUT2D eigenvalue weighted by atomic mass is 32.2. The number of benzene rings is 2. The average molecular weight is 362 g/mol. The molecule has 8 heteroatoms. The van der Waals surface area contributed by atoms with Crippen molar-refractivity contribution >= 4 is 15.9 Å². The van der Waals surface area contributed by atoms with E-state index in [0.717, 1.165) is 11.1 Å². The first kappa shape index (κ1) is 17.2. The van der Waals surface area contributed by atoms with Crippen LogP contribution in [0.1, 0.15) is 11.1 Å². The standard InChI is InChI=1S/C17H18N2O5S/c18-25(21,22)14-4-1-12(2-5-14)11-19-17(20)10-13-3-6-15-16(9-13)24-8-7-23-15/h1-6,9H,7-8,10-11H2,(H,19,20)(H2,18,21,22). The van der Waals surface area contributed by atoms with E-state index >= 15 is 0 Å². The summed E-state index contributed by atoms with van der Waals surface area (Å²) in [7, 11) is -3.71. The van der Waals surface area contributed by atoms with Crippen LogP contribution in [0.4, 0.5) is 0 Å². The highest BCUT2D eigenvalue weighted by molar-refractivity contribution is 7.89. The molecule has 3 N–H and O–H groups in total. The predicted molar refractivity (Wildman–Crippen MR) is 90.8 cm³/mol. The van der Waals surface area contributed by atoms with Gasteiger partial charge in [-0.05, 0) is 35.4 Å². The number of hydrogen-bond acceptors (Lipinski definition) is 5. The number of carbonyl (C=O) groups is 1. The molecule has 0 spiro atoms. The molecular formula is C17H18N2O5S. The third-order valence-electron chi connectivity index (χ3n) is 3.71. The van der Waals surface area contributed by atoms with Crippen LogP contribution in [0, 0.1) is 0 Å². The minimum absolute atomic E-state index is 0.0406. The van der Waals surface area contributed by atoms with Gasteiger partial charge in [-0.1, -0.05) is 18.2 Å². The molecule has 1 amide bonds. The highest BCUT2D eigenvalue weighted by Crippen LogP contribution is 2.30. The van der Waals surface area contributed by atoms with Gasteiger partial charge >= 0.3 is 0 Å². The molecule has 0 atom stereocenters. The molecule has 1 aliphatic heterocycles. The molecule has 1 aliphatic rings. The number of primary sulfonamides is 1. The van der Waals surface area contributed by atoms with Crippen LogP contribution in [0.5, 0.6) is 11.5 Å². The molecule has 0 bridgehead atoms. The van der Waals surface area contributed by atoms with Crippen molar-refractivity contribution in [2.45, 2.75) is 17.9 Å². The van der Waals surface area contributed by atoms with Crippen molar-refractivity contribution < 1.29 is 22.7 Å². The van der Waals surface area contributed by atoms with Crippen LogP contribution in [-0.4, -0.2) is 27.5 Å². The van der Waals surface area contributed by atoms with Gasteiger partial charge < -0.3 is 14.8 Å². The molecule has 2 aromatic rings. The fourth-order valence-corrected chi connectivity index (χ4v) is 2.96. The van der Waals surface area contributed by atoms with E-state index < -0.39 is 10.0 Å². The number of carbonyl (C=O) groups excluding carboxylic acids is 1. The Labute approximate surface area is 145 Å². The summed E-state index contributed by atoms with van der Waals surface area (Å²) in [5.41, 5.74) is 1.61. The molecule has 7 nitrogen and oxygen atoms in total. The molecule has 132 valence electrons. The summed E-state index contributed by atoms with van der Waals surface area (Å²) in [6.07, 6.45) is 0.214. The zero-order chi connectivity index (χ0) is 17.9. The maximum Gasteiger partial charge on any atom is 0.238 e. The van der Waals surface area contributed by atoms with Crippen molar-refractivity contribution in [1.82, 2.24) is 5.32 Å². The lowest BCUT2D eigenvalue weighted by molar-refractivity contribution is -0.120. The average Bonchev–Trinajstić information content (AvgIpc) is 2.59. The highest BCUT2D eigenvalue weighted by Gasteiger charge is 2.13. The number of hydrogen-bond donors (Lipinski definition) is 2. The van der Waals surface area contributed by atoms with Crippen LogP contribution in [0.25, 0.3) is 0 Å². The maximum absolute atomic E-state index is 12.1. The van der Waals surface area contributed by atoms with E-state index in [-0.39, 0.29) is 17.2 Å². The Bertz CT molecular complexity index is 878. The van der Waals surface area contributed by atoms with Gasteiger partial charge in [0, 0.05) is 6.54 Å². The number of nitrogens with two attached hydrogens (primary N) is 1. The van der Waals surface area contributed by atoms with Crippen molar-refractivity contribution in [2.75, 3.05) is 13.2 Å². The van der Waals surface area contributed by atoms with Crippen LogP contribution in [-0.2, 0) is 27.8 Å². The molecule has 0 saturated carbocycles. The molecule has 0 radical (unpaired) electrons. The number of nitrogens with one attached hydrogen (secondary N) is 1. The quantitative estimate of drug-likeness (QED) is 0.824. The van der Waals surface area contributed by atoms with Gasteiger partial charge in [-0.25, -0.2) is 13.6 Å². The van der Waals surface area contributed by atoms with E-state index in [2.05, 4.69) is 5.32 Å². The monoisotopic (exact) mass is 362 g/mol. The first-order valence-corrected chi connectivity index (χ1v) is 9.23. The van der Waals surface area contributed by atoms with E-state index in [1.165, 1.54) is 12.1 Å². The van der Waals surface area contributed by atoms with Crippen molar-refractivity contribution in [3.05, 3.63) is 53.6 Å². The van der Waals surface area contributed by atoms with Crippen molar-refractivity contribution in [3.8, 4) is 11.5 Å². The predicted octanol–water partition coefficient (Wildman–Crippen LogP) is 0.964. The summed E-state index contributed by atoms with van der Waals surface area (Å²) >= 11 is 0. The van der Waals surface area contributed by atoms with Gasteiger partial charge in [-0.15, -0.1) is 0 Å². The van der Waals surface area contributed by atoms with E-state index in [1.807, 2.05) is 6.07 Å². The van der Waals surface area contributed by atoms with Gasteiger partial charge in [-0.3, -0.25) is 4.79 Å². The van der Waals surface area contributed by atoms with Gasteiger partial charge in [-0.2, -0.15) is 0 Å². The van der Waals surface area contributed by atoms with E-state index in [9.17, 15) is 13.2 Å². The number of ether oxygens (including phenoxy) is 2. The van der Waals surface area contributed by atoms with Gasteiger partial charge in [0.15, 0.2) is 11.5 Å². The number of fused-ring (bicyclic) bond motifs is 1. The molecule has 0 aromatic heterocycles. The van der Waals surface area contributed by atoms with Crippen molar-refractivity contribution in [3.63, 3.8) is 0 Å². The van der Waals surface area contributed by atoms with Crippen LogP contribution in [0.15, 0.2) is 47.4 Å². The minimum Gasteiger partial charge on any atom is -0.486 e. The Morgan fingerprint density at radius 2 is 1.64 bits per heavy atom. The molecular weight excluding hydrogens is 344 g/mol. The van der Waals surface area contributed by atoms with Crippen molar-refractivity contribution in [2.24, 2.45) is 5.14 Å². The van der Waals surface area contributed by atoms with Gasteiger partial charge in [0.2, 0.25) is 15.9 Å². The smallest absolute Gasteiger partial charge is 0.238 e. The molecule has 0 unspecified atom stereocenters. The fraction of sp³-hybridized carbons (Fsp3) is 0.235. The van der Waals surface area contributed by atoms with E-state index in [4.69, 9.17) is 14.6 Å². The molecule has 2 aromatic carbocycles. The lowest BCUT2D eigenvalue weighted by Crippen LogP contribution is -2.24. The first-order chi connectivity index (χ1) is 11.9. The number of rotatable bonds is 5. The maximum atomic E-state index is 12.1. The summed E-state index contributed by atoms with van der Waals surface area (Å²) in [6, 6.07) is 11.5. The molecule has 3 rings (SSSR count). The normalized spacial score (nSPS) is 13.3. The molecule has 1 heterocycles. The van der Waals surface area contributed by atoms with Gasteiger partial charge in [0.05, 0.1) is 11.3 Å². The summed E-state index contributed by atoms with van der Waals surface area (Å²) in [6.45, 7) is 1.32. The Morgan fingerprint density at radius 1 is 1.00 bits per heavy atom. The Kier molecular flexibility index (Phi) is 4.91. The third-order valence-corrected chi connectivity index (χ3v) is 4.64. The zero-order valence-electron chi connectivity index (χ0n) is 13.4. The zero-order valence-corrected chi connectivity index (χ0v) is 14.2. The van der Waals surface area contributed by atoms with E-state index in [0.29, 0.717) is 31.3 Å². The minimum atomic E-state index is -3.71. The van der Waals surface area contributed by atoms with Crippen LogP contribution < -0.4 is 19.9 Å². The second-order valence-electron chi connectivity index (χ2n) is 5.62. The van der Waals surface area contributed by atoms with Gasteiger partial charge in [0.1, 0.15) is 13.2 Å². The lowest BCUT2D eigenvalue weighted by Gasteiger charge is -2.18. The molecule has 0 saturated heterocycles. The second-order valence-corrected chi connectivity index (χ2v) is 7.18. The summed E-state index contributed by atoms with van der Waals surface area (Å²) in [5.74, 6) is 1.19. The largest absolute Gasteiger partial charge is 0.486 e. The Balaban J connectivity index is 1.56. The third kappa shape index (κ3) is 4.49. The summed E-state index contributed by atoms with van der Waals surface area (Å²) in [5, 5.41) is 7.84. The number of sulfonamides is 1. The number of amides is 1. The second kappa shape index (κ2) is 7.12. The Hall–Kier alpha value is -2.58. The van der Waals surface area contributed by atoms with Crippen LogP contribution in [0.2, 0.25) is 0 Å². The Morgan fingerprint density at radius 3 is 2.32 bits per heavy atom. The molecule has 0 fully saturated rings. The fourth-order valence-electron chi connectivity index (χ4n) is 2.44. The SMILES string of the molecule is NS(=O)(=O)c1ccc(CNC(=O)Cc2ccc3c(c2)OCCO3)cc1. The van der Waals surface area contributed by atoms with Gasteiger partial charge in [0.25, 0.3) is 0 Å². The van der Waals surface area contributed by atoms with Crippen molar-refractivity contribution in [1.29, 1.82) is 0 Å². The lowest BCUT2D eigenvalue weighted by atomic mass is 10.1. The topological polar surface area (TPSA) is 108 Å². The summed E-state index contributed by atoms with van der Waals surface area (Å²) in [4.78, 5) is 12.1. The molecule has 0 aliphatic carbocycles. The molecule has 25 heavy (non-hydrogen) atoms.